The summed E-state index contributed by atoms with van der Waals surface area (Å²) in [6, 6.07) is 5.75. The largest absolute Gasteiger partial charge is 0.490 e. The number of hydrogen-bond acceptors (Lipinski definition) is 5. The molecule has 0 radical (unpaired) electrons. The van der Waals surface area contributed by atoms with Crippen LogP contribution in [0.1, 0.15) is 57.6 Å². The summed E-state index contributed by atoms with van der Waals surface area (Å²) in [7, 11) is 1.84. The van der Waals surface area contributed by atoms with E-state index in [4.69, 9.17) is 14.9 Å². The second-order valence-electron chi connectivity index (χ2n) is 9.36. The molecule has 0 unspecified atom stereocenters. The van der Waals surface area contributed by atoms with Crippen molar-refractivity contribution < 1.29 is 32.7 Å². The Morgan fingerprint density at radius 3 is 2.31 bits per heavy atom. The Bertz CT molecular complexity index is 955. The van der Waals surface area contributed by atoms with Gasteiger partial charge in [0.1, 0.15) is 11.4 Å². The van der Waals surface area contributed by atoms with E-state index in [9.17, 15) is 22.8 Å². The fourth-order valence-electron chi connectivity index (χ4n) is 4.53. The maximum atomic E-state index is 13.2. The van der Waals surface area contributed by atoms with Gasteiger partial charge in [-0.25, -0.2) is 4.79 Å². The van der Waals surface area contributed by atoms with Gasteiger partial charge < -0.3 is 10.0 Å². The minimum absolute atomic E-state index is 0.0232. The van der Waals surface area contributed by atoms with E-state index >= 15 is 0 Å². The molecule has 0 aromatic carbocycles. The minimum atomic E-state index is -5.08. The lowest BCUT2D eigenvalue weighted by molar-refractivity contribution is -0.192. The van der Waals surface area contributed by atoms with Gasteiger partial charge in [-0.05, 0) is 56.6 Å². The number of carbonyl (C=O) groups excluding carboxylic acids is 2. The van der Waals surface area contributed by atoms with Crippen molar-refractivity contribution in [2.24, 2.45) is 16.8 Å². The number of alkyl halides is 3. The van der Waals surface area contributed by atoms with E-state index in [2.05, 4.69) is 11.9 Å². The summed E-state index contributed by atoms with van der Waals surface area (Å²) in [5, 5.41) is 7.12. The minimum Gasteiger partial charge on any atom is -0.475 e. The summed E-state index contributed by atoms with van der Waals surface area (Å²) in [4.78, 5) is 47.9. The summed E-state index contributed by atoms with van der Waals surface area (Å²) in [6.45, 7) is 3.43. The topological polar surface area (TPSA) is 103 Å². The Morgan fingerprint density at radius 2 is 1.83 bits per heavy atom. The number of pyridine rings is 1. The van der Waals surface area contributed by atoms with Crippen molar-refractivity contribution in [1.29, 1.82) is 0 Å². The normalized spacial score (nSPS) is 24.0. The molecular weight excluding hydrogens is 465 g/mol. The second-order valence-corrected chi connectivity index (χ2v) is 9.36. The fourth-order valence-corrected chi connectivity index (χ4v) is 4.53. The van der Waals surface area contributed by atoms with Crippen molar-refractivity contribution in [2.75, 3.05) is 13.6 Å². The third-order valence-electron chi connectivity index (χ3n) is 6.66. The molecule has 35 heavy (non-hydrogen) atoms. The number of aromatic nitrogens is 1. The summed E-state index contributed by atoms with van der Waals surface area (Å²) in [6.07, 6.45) is 2.76. The number of rotatable bonds is 6. The molecule has 2 aliphatic carbocycles. The first kappa shape index (κ1) is 26.6. The third kappa shape index (κ3) is 6.58. The molecule has 1 aromatic heterocycles. The van der Waals surface area contributed by atoms with Gasteiger partial charge in [-0.1, -0.05) is 13.0 Å². The third-order valence-corrected chi connectivity index (χ3v) is 6.66. The van der Waals surface area contributed by atoms with Crippen LogP contribution in [-0.2, 0) is 20.9 Å². The van der Waals surface area contributed by atoms with Gasteiger partial charge in [0, 0.05) is 32.1 Å². The van der Waals surface area contributed by atoms with Gasteiger partial charge in [-0.2, -0.15) is 13.2 Å². The molecule has 2 saturated carbocycles. The molecule has 192 valence electrons. The van der Waals surface area contributed by atoms with E-state index in [1.165, 1.54) is 12.8 Å². The highest BCUT2D eigenvalue weighted by Crippen LogP contribution is 2.42. The number of amidine groups is 1. The lowest BCUT2D eigenvalue weighted by atomic mass is 9.76. The van der Waals surface area contributed by atoms with Crippen LogP contribution in [0.5, 0.6) is 0 Å². The molecule has 2 amide bonds. The number of carbonyl (C=O) groups is 3. The zero-order valence-electron chi connectivity index (χ0n) is 19.9. The molecule has 1 aliphatic heterocycles. The molecule has 0 bridgehead atoms. The highest BCUT2D eigenvalue weighted by molar-refractivity contribution is 6.08. The molecular formula is C24H31F3N4O4. The van der Waals surface area contributed by atoms with E-state index in [-0.39, 0.29) is 17.7 Å². The van der Waals surface area contributed by atoms with E-state index in [0.29, 0.717) is 25.3 Å². The van der Waals surface area contributed by atoms with Crippen molar-refractivity contribution in [3.8, 4) is 0 Å². The van der Waals surface area contributed by atoms with Crippen LogP contribution in [0.15, 0.2) is 29.4 Å². The lowest BCUT2D eigenvalue weighted by Gasteiger charge is -2.34. The average Bonchev–Trinajstić information content (AvgIpc) is 3.61. The lowest BCUT2D eigenvalue weighted by Crippen LogP contribution is -2.47. The van der Waals surface area contributed by atoms with Crippen LogP contribution in [0, 0.1) is 11.8 Å². The van der Waals surface area contributed by atoms with E-state index in [1.807, 2.05) is 30.1 Å². The molecule has 11 heteroatoms. The van der Waals surface area contributed by atoms with Crippen LogP contribution in [0.4, 0.5) is 13.2 Å². The first-order valence-corrected chi connectivity index (χ1v) is 11.8. The number of nitrogens with zero attached hydrogens (tertiary/aromatic N) is 4. The van der Waals surface area contributed by atoms with Crippen LogP contribution in [0.25, 0.3) is 0 Å². The van der Waals surface area contributed by atoms with Crippen molar-refractivity contribution in [3.63, 3.8) is 0 Å². The maximum absolute atomic E-state index is 13.2. The Hall–Kier alpha value is -2.98. The zero-order chi connectivity index (χ0) is 25.8. The highest BCUT2D eigenvalue weighted by atomic mass is 19.4. The van der Waals surface area contributed by atoms with Crippen molar-refractivity contribution in [2.45, 2.75) is 70.1 Å². The van der Waals surface area contributed by atoms with E-state index in [1.54, 1.807) is 11.1 Å². The van der Waals surface area contributed by atoms with Gasteiger partial charge in [0.2, 0.25) is 5.91 Å². The van der Waals surface area contributed by atoms with Crippen LogP contribution < -0.4 is 0 Å². The summed E-state index contributed by atoms with van der Waals surface area (Å²) < 4.78 is 31.7. The molecule has 1 spiro atoms. The summed E-state index contributed by atoms with van der Waals surface area (Å²) in [5.74, 6) is -0.829. The number of hydrogen-bond donors (Lipinski definition) is 1. The zero-order valence-corrected chi connectivity index (χ0v) is 19.9. The van der Waals surface area contributed by atoms with Gasteiger partial charge in [0.05, 0.1) is 12.2 Å². The van der Waals surface area contributed by atoms with Crippen molar-refractivity contribution in [1.82, 2.24) is 14.8 Å². The standard InChI is InChI=1S/C22H30N4O2.C2HF3O2/c1-3-19-24-22(21(28)26(19)14-16-7-8-16)11-9-17(10-12-22)20(27)25(2)15-18-6-4-5-13-23-18;3-2(4,5)1(6)7/h4-6,13,16-17H,3,7-12,14-15H2,1-2H3;(H,6,7). The Labute approximate surface area is 202 Å². The van der Waals surface area contributed by atoms with E-state index < -0.39 is 17.7 Å². The van der Waals surface area contributed by atoms with Gasteiger partial charge in [0.15, 0.2) is 0 Å². The van der Waals surface area contributed by atoms with E-state index in [0.717, 1.165) is 37.3 Å². The predicted octanol–water partition coefficient (Wildman–Crippen LogP) is 3.66. The van der Waals surface area contributed by atoms with Gasteiger partial charge in [-0.15, -0.1) is 0 Å². The monoisotopic (exact) mass is 496 g/mol. The fraction of sp³-hybridized carbons (Fsp3) is 0.625. The number of carboxylic acid groups (broad SMARTS) is 1. The Kier molecular flexibility index (Phi) is 8.17. The van der Waals surface area contributed by atoms with Crippen LogP contribution >= 0.6 is 0 Å². The summed E-state index contributed by atoms with van der Waals surface area (Å²) >= 11 is 0. The first-order valence-electron chi connectivity index (χ1n) is 11.8. The van der Waals surface area contributed by atoms with Gasteiger partial charge >= 0.3 is 12.1 Å². The number of halogens is 3. The molecule has 3 aliphatic rings. The SMILES string of the molecule is CCC1=NC2(CCC(C(=O)N(C)Cc3ccccn3)CC2)C(=O)N1CC1CC1.O=C(O)C(F)(F)F. The molecule has 1 N–H and O–H groups in total. The van der Waals surface area contributed by atoms with Crippen LogP contribution in [0.3, 0.4) is 0 Å². The molecule has 2 fully saturated rings. The predicted molar refractivity (Wildman–Crippen MR) is 121 cm³/mol. The Balaban J connectivity index is 0.000000429. The van der Waals surface area contributed by atoms with Gasteiger partial charge in [-0.3, -0.25) is 24.5 Å². The second kappa shape index (κ2) is 10.7. The maximum Gasteiger partial charge on any atom is 0.490 e. The van der Waals surface area contributed by atoms with Crippen LogP contribution in [-0.4, -0.2) is 68.8 Å². The van der Waals surface area contributed by atoms with Crippen LogP contribution in [0.2, 0.25) is 0 Å². The van der Waals surface area contributed by atoms with Gasteiger partial charge in [0.25, 0.3) is 5.91 Å². The molecule has 8 nitrogen and oxygen atoms in total. The number of amides is 2. The van der Waals surface area contributed by atoms with Crippen molar-refractivity contribution >= 4 is 23.6 Å². The van der Waals surface area contributed by atoms with Crippen molar-refractivity contribution in [3.05, 3.63) is 30.1 Å². The molecule has 0 atom stereocenters. The number of aliphatic carboxylic acids is 1. The first-order chi connectivity index (χ1) is 16.5. The number of carboxylic acids is 1. The average molecular weight is 497 g/mol. The highest BCUT2D eigenvalue weighted by Gasteiger charge is 2.51. The molecule has 1 aromatic rings. The molecule has 0 saturated heterocycles. The molecule has 4 rings (SSSR count). The number of aliphatic imine (C=N–C) groups is 1. The Morgan fingerprint density at radius 1 is 1.20 bits per heavy atom. The smallest absolute Gasteiger partial charge is 0.475 e. The summed E-state index contributed by atoms with van der Waals surface area (Å²) in [5.41, 5.74) is 0.292. The quantitative estimate of drug-likeness (QED) is 0.648. The molecule has 2 heterocycles.